The summed E-state index contributed by atoms with van der Waals surface area (Å²) in [7, 11) is 0. The monoisotopic (exact) mass is 369 g/mol. The second kappa shape index (κ2) is 11.1. The van der Waals surface area contributed by atoms with Crippen molar-refractivity contribution in [3.63, 3.8) is 0 Å². The molecule has 1 heterocycles. The van der Waals surface area contributed by atoms with Gasteiger partial charge in [-0.2, -0.15) is 0 Å². The van der Waals surface area contributed by atoms with Gasteiger partial charge in [-0.3, -0.25) is 9.59 Å². The molecule has 0 spiro atoms. The van der Waals surface area contributed by atoms with Gasteiger partial charge in [-0.15, -0.1) is 12.4 Å². The van der Waals surface area contributed by atoms with E-state index in [-0.39, 0.29) is 30.3 Å². The predicted octanol–water partition coefficient (Wildman–Crippen LogP) is 2.30. The van der Waals surface area contributed by atoms with Crippen LogP contribution in [0.1, 0.15) is 37.0 Å². The Morgan fingerprint density at radius 2 is 1.84 bits per heavy atom. The molecule has 1 aliphatic rings. The maximum absolute atomic E-state index is 12.5. The molecule has 1 saturated heterocycles. The van der Waals surface area contributed by atoms with Gasteiger partial charge in [0.1, 0.15) is 6.04 Å². The summed E-state index contributed by atoms with van der Waals surface area (Å²) >= 11 is 0. The number of rotatable bonds is 7. The Morgan fingerprint density at radius 3 is 2.36 bits per heavy atom. The third-order valence-electron chi connectivity index (χ3n) is 3.91. The molecule has 7 heteroatoms. The number of morpholine rings is 1. The fourth-order valence-corrected chi connectivity index (χ4v) is 2.70. The van der Waals surface area contributed by atoms with Crippen molar-refractivity contribution in [3.05, 3.63) is 29.8 Å². The van der Waals surface area contributed by atoms with Crippen LogP contribution >= 0.6 is 12.4 Å². The number of carbonyl (C=O) groups is 2. The van der Waals surface area contributed by atoms with Gasteiger partial charge in [0.15, 0.2) is 0 Å². The van der Waals surface area contributed by atoms with Gasteiger partial charge in [0, 0.05) is 30.9 Å². The summed E-state index contributed by atoms with van der Waals surface area (Å²) in [6.07, 6.45) is 1.88. The fraction of sp³-hybridized carbons (Fsp3) is 0.556. The van der Waals surface area contributed by atoms with Crippen molar-refractivity contribution in [3.8, 4) is 0 Å². The molecular formula is C18H28ClN3O3. The number of anilines is 1. The van der Waals surface area contributed by atoms with Crippen molar-refractivity contribution in [2.24, 2.45) is 0 Å². The molecule has 2 N–H and O–H groups in total. The lowest BCUT2D eigenvalue weighted by atomic mass is 10.1. The Hall–Kier alpha value is -1.63. The van der Waals surface area contributed by atoms with Gasteiger partial charge in [-0.05, 0) is 37.1 Å². The van der Waals surface area contributed by atoms with E-state index in [1.807, 2.05) is 4.90 Å². The zero-order chi connectivity index (χ0) is 17.4. The van der Waals surface area contributed by atoms with Crippen molar-refractivity contribution in [2.45, 2.75) is 32.7 Å². The Bertz CT molecular complexity index is 539. The molecule has 1 aromatic rings. The second-order valence-corrected chi connectivity index (χ2v) is 5.94. The number of ether oxygens (including phenoxy) is 1. The van der Waals surface area contributed by atoms with Crippen LogP contribution in [0.15, 0.2) is 24.3 Å². The average Bonchev–Trinajstić information content (AvgIpc) is 2.62. The minimum Gasteiger partial charge on any atom is -0.378 e. The van der Waals surface area contributed by atoms with Crippen LogP contribution in [0.2, 0.25) is 0 Å². The Morgan fingerprint density at radius 1 is 1.20 bits per heavy atom. The third-order valence-corrected chi connectivity index (χ3v) is 3.91. The Balaban J connectivity index is 0.00000312. The molecule has 1 aliphatic heterocycles. The summed E-state index contributed by atoms with van der Waals surface area (Å²) in [4.78, 5) is 26.5. The molecule has 140 valence electrons. The molecule has 25 heavy (non-hydrogen) atoms. The molecule has 2 amide bonds. The fourth-order valence-electron chi connectivity index (χ4n) is 2.70. The lowest BCUT2D eigenvalue weighted by molar-refractivity contribution is -0.120. The van der Waals surface area contributed by atoms with Gasteiger partial charge in [-0.1, -0.05) is 13.8 Å². The lowest BCUT2D eigenvalue weighted by Crippen LogP contribution is -2.48. The number of nitrogens with one attached hydrogen (secondary N) is 2. The quantitative estimate of drug-likeness (QED) is 0.773. The Labute approximate surface area is 155 Å². The van der Waals surface area contributed by atoms with Crippen LogP contribution in [0, 0.1) is 0 Å². The predicted molar refractivity (Wildman–Crippen MR) is 101 cm³/mol. The van der Waals surface area contributed by atoms with Crippen molar-refractivity contribution < 1.29 is 14.3 Å². The molecule has 2 rings (SSSR count). The standard InChI is InChI=1S/C18H27N3O3.ClH/c1-3-10-21(11-4-2)18(23)14-5-7-15(8-6-14)20-17(22)16-13-24-12-9-19-16;/h5-8,16,19H,3-4,9-13H2,1-2H3,(H,20,22);1H. The molecular weight excluding hydrogens is 342 g/mol. The molecule has 6 nitrogen and oxygen atoms in total. The van der Waals surface area contributed by atoms with Crippen LogP contribution in [0.3, 0.4) is 0 Å². The highest BCUT2D eigenvalue weighted by Crippen LogP contribution is 2.13. The molecule has 1 unspecified atom stereocenters. The minimum atomic E-state index is -0.329. The summed E-state index contributed by atoms with van der Waals surface area (Å²) in [5.41, 5.74) is 1.33. The van der Waals surface area contributed by atoms with Crippen LogP contribution in [-0.4, -0.2) is 55.6 Å². The zero-order valence-corrected chi connectivity index (χ0v) is 15.7. The average molecular weight is 370 g/mol. The van der Waals surface area contributed by atoms with E-state index in [1.54, 1.807) is 24.3 Å². The number of carbonyl (C=O) groups excluding carboxylic acids is 2. The van der Waals surface area contributed by atoms with Gasteiger partial charge < -0.3 is 20.3 Å². The zero-order valence-electron chi connectivity index (χ0n) is 14.9. The van der Waals surface area contributed by atoms with Gasteiger partial charge in [-0.25, -0.2) is 0 Å². The van der Waals surface area contributed by atoms with Crippen molar-refractivity contribution >= 4 is 29.9 Å². The van der Waals surface area contributed by atoms with Gasteiger partial charge in [0.2, 0.25) is 5.91 Å². The second-order valence-electron chi connectivity index (χ2n) is 5.94. The summed E-state index contributed by atoms with van der Waals surface area (Å²) < 4.78 is 5.29. The first-order chi connectivity index (χ1) is 11.7. The van der Waals surface area contributed by atoms with Crippen molar-refractivity contribution in [2.75, 3.05) is 38.2 Å². The summed E-state index contributed by atoms with van der Waals surface area (Å²) in [6.45, 7) is 7.35. The topological polar surface area (TPSA) is 70.7 Å². The maximum atomic E-state index is 12.5. The van der Waals surface area contributed by atoms with Gasteiger partial charge >= 0.3 is 0 Å². The minimum absolute atomic E-state index is 0. The molecule has 0 bridgehead atoms. The maximum Gasteiger partial charge on any atom is 0.253 e. The SMILES string of the molecule is CCCN(CCC)C(=O)c1ccc(NC(=O)C2COCCN2)cc1.Cl. The summed E-state index contributed by atoms with van der Waals surface area (Å²) in [5, 5.41) is 5.96. The molecule has 0 aromatic heterocycles. The van der Waals surface area contributed by atoms with E-state index in [4.69, 9.17) is 4.74 Å². The first-order valence-corrected chi connectivity index (χ1v) is 8.67. The van der Waals surface area contributed by atoms with Crippen molar-refractivity contribution in [1.29, 1.82) is 0 Å². The highest BCUT2D eigenvalue weighted by Gasteiger charge is 2.21. The molecule has 0 aliphatic carbocycles. The Kier molecular flexibility index (Phi) is 9.49. The van der Waals surface area contributed by atoms with Crippen LogP contribution < -0.4 is 10.6 Å². The summed E-state index contributed by atoms with van der Waals surface area (Å²) in [6, 6.07) is 6.74. The molecule has 1 fully saturated rings. The first kappa shape index (κ1) is 21.4. The molecule has 1 atom stereocenters. The van der Waals surface area contributed by atoms with E-state index in [0.29, 0.717) is 31.0 Å². The van der Waals surface area contributed by atoms with Crippen LogP contribution in [0.5, 0.6) is 0 Å². The highest BCUT2D eigenvalue weighted by atomic mass is 35.5. The van der Waals surface area contributed by atoms with Crippen LogP contribution in [-0.2, 0) is 9.53 Å². The van der Waals surface area contributed by atoms with E-state index in [2.05, 4.69) is 24.5 Å². The number of amides is 2. The van der Waals surface area contributed by atoms with E-state index in [0.717, 1.165) is 25.9 Å². The smallest absolute Gasteiger partial charge is 0.253 e. The number of nitrogens with zero attached hydrogens (tertiary/aromatic N) is 1. The third kappa shape index (κ3) is 6.30. The molecule has 1 aromatic carbocycles. The molecule has 0 radical (unpaired) electrons. The normalized spacial score (nSPS) is 16.6. The van der Waals surface area contributed by atoms with E-state index in [1.165, 1.54) is 0 Å². The first-order valence-electron chi connectivity index (χ1n) is 8.67. The number of hydrogen-bond acceptors (Lipinski definition) is 4. The van der Waals surface area contributed by atoms with Gasteiger partial charge in [0.05, 0.1) is 13.2 Å². The van der Waals surface area contributed by atoms with E-state index in [9.17, 15) is 9.59 Å². The van der Waals surface area contributed by atoms with E-state index >= 15 is 0 Å². The van der Waals surface area contributed by atoms with Crippen molar-refractivity contribution in [1.82, 2.24) is 10.2 Å². The molecule has 0 saturated carbocycles. The number of halogens is 1. The number of hydrogen-bond donors (Lipinski definition) is 2. The van der Waals surface area contributed by atoms with E-state index < -0.39 is 0 Å². The van der Waals surface area contributed by atoms with Gasteiger partial charge in [0.25, 0.3) is 5.91 Å². The largest absolute Gasteiger partial charge is 0.378 e. The number of benzene rings is 1. The van der Waals surface area contributed by atoms with Crippen LogP contribution in [0.25, 0.3) is 0 Å². The lowest BCUT2D eigenvalue weighted by Gasteiger charge is -2.23. The summed E-state index contributed by atoms with van der Waals surface area (Å²) in [5.74, 6) is -0.0775. The highest BCUT2D eigenvalue weighted by molar-refractivity contribution is 5.97. The van der Waals surface area contributed by atoms with Crippen LogP contribution in [0.4, 0.5) is 5.69 Å².